The average molecular weight is 509 g/mol. The quantitative estimate of drug-likeness (QED) is 0.187. The molecule has 4 aromatic rings. The summed E-state index contributed by atoms with van der Waals surface area (Å²) in [4.78, 5) is 23.5. The van der Waals surface area contributed by atoms with E-state index in [1.807, 2.05) is 0 Å². The topological polar surface area (TPSA) is 208 Å². The number of carbonyl (C=O) groups is 1. The lowest BCUT2D eigenvalue weighted by Gasteiger charge is -2.12. The number of nitrogen functional groups attached to an aromatic ring is 1. The second-order valence-corrected chi connectivity index (χ2v) is 7.13. The van der Waals surface area contributed by atoms with E-state index >= 15 is 0 Å². The molecule has 3 N–H and O–H groups in total. The first-order valence-corrected chi connectivity index (χ1v) is 10.3. The number of ether oxygens (including phenoxy) is 3. The number of nitrogens with zero attached hydrogens (tertiary/aromatic N) is 7. The number of nitro benzene ring substituents is 1. The zero-order valence-corrected chi connectivity index (χ0v) is 19.6. The number of rotatable bonds is 9. The van der Waals surface area contributed by atoms with Crippen LogP contribution in [-0.2, 0) is 0 Å². The van der Waals surface area contributed by atoms with E-state index in [4.69, 9.17) is 19.9 Å². The highest BCUT2D eigenvalue weighted by Gasteiger charge is 2.25. The fraction of sp³-hybridized carbons (Fsp3) is 0.143. The number of amides is 1. The molecule has 4 rings (SSSR count). The van der Waals surface area contributed by atoms with Gasteiger partial charge in [-0.15, -0.1) is 5.10 Å². The van der Waals surface area contributed by atoms with Crippen molar-refractivity contribution < 1.29 is 28.6 Å². The van der Waals surface area contributed by atoms with Crippen molar-refractivity contribution in [2.24, 2.45) is 5.10 Å². The van der Waals surface area contributed by atoms with E-state index in [1.54, 1.807) is 12.1 Å². The van der Waals surface area contributed by atoms with Gasteiger partial charge < -0.3 is 19.9 Å². The maximum atomic E-state index is 13.0. The molecule has 0 aliphatic carbocycles. The molecular formula is C21H19N9O7. The Morgan fingerprint density at radius 1 is 1.14 bits per heavy atom. The van der Waals surface area contributed by atoms with E-state index in [1.165, 1.54) is 51.8 Å². The first-order valence-electron chi connectivity index (χ1n) is 10.3. The van der Waals surface area contributed by atoms with Crippen LogP contribution in [0.4, 0.5) is 11.5 Å². The zero-order chi connectivity index (χ0) is 26.5. The SMILES string of the molecule is COc1cc(/C=N\NC(=O)c2nnn(-c3nonc3N)c2-c2ccc([N+](=O)[O-])cc2)cc(OC)c1OC. The Morgan fingerprint density at radius 2 is 1.81 bits per heavy atom. The lowest BCUT2D eigenvalue weighted by molar-refractivity contribution is -0.384. The predicted octanol–water partition coefficient (Wildman–Crippen LogP) is 1.60. The van der Waals surface area contributed by atoms with Gasteiger partial charge in [0.25, 0.3) is 11.6 Å². The van der Waals surface area contributed by atoms with Gasteiger partial charge in [0.15, 0.2) is 17.2 Å². The van der Waals surface area contributed by atoms with Crippen LogP contribution in [0.3, 0.4) is 0 Å². The van der Waals surface area contributed by atoms with E-state index < -0.39 is 10.8 Å². The van der Waals surface area contributed by atoms with Crippen LogP contribution in [0, 0.1) is 10.1 Å². The normalized spacial score (nSPS) is 10.9. The van der Waals surface area contributed by atoms with Crippen molar-refractivity contribution in [3.63, 3.8) is 0 Å². The summed E-state index contributed by atoms with van der Waals surface area (Å²) in [6, 6.07) is 8.65. The summed E-state index contributed by atoms with van der Waals surface area (Å²) in [6.07, 6.45) is 1.36. The first kappa shape index (κ1) is 24.6. The van der Waals surface area contributed by atoms with Gasteiger partial charge in [0.1, 0.15) is 5.69 Å². The monoisotopic (exact) mass is 509 g/mol. The number of nitro groups is 1. The average Bonchev–Trinajstić information content (AvgIpc) is 3.53. The predicted molar refractivity (Wildman–Crippen MR) is 127 cm³/mol. The van der Waals surface area contributed by atoms with Gasteiger partial charge in [0, 0.05) is 23.3 Å². The third-order valence-electron chi connectivity index (χ3n) is 5.00. The summed E-state index contributed by atoms with van der Waals surface area (Å²) in [6.45, 7) is 0. The van der Waals surface area contributed by atoms with Gasteiger partial charge in [-0.1, -0.05) is 5.21 Å². The summed E-state index contributed by atoms with van der Waals surface area (Å²) in [5, 5.41) is 30.1. The fourth-order valence-corrected chi connectivity index (χ4v) is 3.32. The van der Waals surface area contributed by atoms with Crippen molar-refractivity contribution in [1.82, 2.24) is 30.7 Å². The van der Waals surface area contributed by atoms with E-state index in [9.17, 15) is 14.9 Å². The fourth-order valence-electron chi connectivity index (χ4n) is 3.32. The smallest absolute Gasteiger partial charge is 0.294 e. The Morgan fingerprint density at radius 3 is 2.35 bits per heavy atom. The van der Waals surface area contributed by atoms with Gasteiger partial charge >= 0.3 is 0 Å². The molecule has 0 aliphatic heterocycles. The van der Waals surface area contributed by atoms with Gasteiger partial charge in [-0.2, -0.15) is 9.78 Å². The number of non-ortho nitro benzene ring substituents is 1. The molecular weight excluding hydrogens is 490 g/mol. The Labute approximate surface area is 207 Å². The number of hydrogen-bond donors (Lipinski definition) is 2. The van der Waals surface area contributed by atoms with Crippen LogP contribution in [0.15, 0.2) is 46.1 Å². The minimum absolute atomic E-state index is 0.0270. The lowest BCUT2D eigenvalue weighted by atomic mass is 10.1. The second-order valence-electron chi connectivity index (χ2n) is 7.13. The molecule has 190 valence electrons. The Bertz CT molecular complexity index is 1450. The molecule has 2 aromatic heterocycles. The van der Waals surface area contributed by atoms with Crippen molar-refractivity contribution in [1.29, 1.82) is 0 Å². The van der Waals surface area contributed by atoms with Crippen LogP contribution < -0.4 is 25.4 Å². The molecule has 37 heavy (non-hydrogen) atoms. The van der Waals surface area contributed by atoms with Crippen LogP contribution >= 0.6 is 0 Å². The van der Waals surface area contributed by atoms with Gasteiger partial charge in [-0.05, 0) is 34.6 Å². The molecule has 0 saturated heterocycles. The maximum Gasteiger partial charge on any atom is 0.294 e. The van der Waals surface area contributed by atoms with E-state index in [0.29, 0.717) is 28.4 Å². The molecule has 0 fully saturated rings. The molecule has 16 nitrogen and oxygen atoms in total. The second kappa shape index (κ2) is 10.4. The summed E-state index contributed by atoms with van der Waals surface area (Å²) in [5.41, 5.74) is 8.85. The molecule has 0 atom stereocenters. The van der Waals surface area contributed by atoms with Gasteiger partial charge in [0.05, 0.1) is 32.5 Å². The molecule has 0 spiro atoms. The van der Waals surface area contributed by atoms with Crippen LogP contribution in [0.5, 0.6) is 17.2 Å². The Hall–Kier alpha value is -5.54. The molecule has 2 aromatic carbocycles. The van der Waals surface area contributed by atoms with Crippen molar-refractivity contribution in [2.75, 3.05) is 27.1 Å². The molecule has 0 unspecified atom stereocenters. The van der Waals surface area contributed by atoms with Crippen molar-refractivity contribution in [3.8, 4) is 34.3 Å². The number of benzene rings is 2. The van der Waals surface area contributed by atoms with E-state index in [2.05, 4.69) is 35.8 Å². The Balaban J connectivity index is 1.67. The highest BCUT2D eigenvalue weighted by atomic mass is 16.6. The zero-order valence-electron chi connectivity index (χ0n) is 19.6. The van der Waals surface area contributed by atoms with Crippen LogP contribution in [-0.4, -0.2) is 63.7 Å². The third-order valence-corrected chi connectivity index (χ3v) is 5.00. The highest BCUT2D eigenvalue weighted by Crippen LogP contribution is 2.37. The van der Waals surface area contributed by atoms with E-state index in [-0.39, 0.29) is 28.7 Å². The summed E-state index contributed by atoms with van der Waals surface area (Å²) >= 11 is 0. The number of carbonyl (C=O) groups excluding carboxylic acids is 1. The molecule has 1 amide bonds. The van der Waals surface area contributed by atoms with Gasteiger partial charge in [0.2, 0.25) is 17.4 Å². The minimum Gasteiger partial charge on any atom is -0.493 e. The number of anilines is 1. The number of methoxy groups -OCH3 is 3. The maximum absolute atomic E-state index is 13.0. The number of hydrogen-bond acceptors (Lipinski definition) is 13. The summed E-state index contributed by atoms with van der Waals surface area (Å²) in [5.74, 6) is 0.324. The molecule has 0 radical (unpaired) electrons. The van der Waals surface area contributed by atoms with Gasteiger partial charge in [-0.3, -0.25) is 14.9 Å². The molecule has 16 heteroatoms. The summed E-state index contributed by atoms with van der Waals surface area (Å²) in [7, 11) is 4.42. The summed E-state index contributed by atoms with van der Waals surface area (Å²) < 4.78 is 21.7. The number of nitrogens with one attached hydrogen (secondary N) is 1. The molecule has 2 heterocycles. The lowest BCUT2D eigenvalue weighted by Crippen LogP contribution is -2.19. The number of nitrogens with two attached hydrogens (primary N) is 1. The minimum atomic E-state index is -0.738. The van der Waals surface area contributed by atoms with Crippen molar-refractivity contribution in [3.05, 3.63) is 57.8 Å². The van der Waals surface area contributed by atoms with Crippen LogP contribution in [0.1, 0.15) is 16.1 Å². The standard InChI is InChI=1S/C21H19N9O7/c1-34-14-8-11(9-15(35-2)18(14)36-3)10-23-25-21(31)16-17(12-4-6-13(7-5-12)30(32)33)29(28-24-16)20-19(22)26-37-27-20/h4-10H,1-3H3,(H2,22,26)(H,25,31)/b23-10-. The Kier molecular flexibility index (Phi) is 6.90. The molecule has 0 bridgehead atoms. The van der Waals surface area contributed by atoms with Crippen LogP contribution in [0.2, 0.25) is 0 Å². The first-order chi connectivity index (χ1) is 17.9. The van der Waals surface area contributed by atoms with Crippen LogP contribution in [0.25, 0.3) is 17.1 Å². The van der Waals surface area contributed by atoms with Crippen molar-refractivity contribution in [2.45, 2.75) is 0 Å². The number of hydrazone groups is 1. The van der Waals surface area contributed by atoms with E-state index in [0.717, 1.165) is 4.68 Å². The number of aromatic nitrogens is 5. The highest BCUT2D eigenvalue weighted by molar-refractivity contribution is 5.99. The van der Waals surface area contributed by atoms with Crippen molar-refractivity contribution >= 4 is 23.6 Å². The molecule has 0 saturated carbocycles. The molecule has 0 aliphatic rings. The van der Waals surface area contributed by atoms with Gasteiger partial charge in [-0.25, -0.2) is 10.1 Å². The largest absolute Gasteiger partial charge is 0.493 e. The third kappa shape index (κ3) is 4.83.